The first-order valence-electron chi connectivity index (χ1n) is 9.50. The van der Waals surface area contributed by atoms with Crippen LogP contribution in [0.3, 0.4) is 0 Å². The molecule has 7 heteroatoms. The van der Waals surface area contributed by atoms with Crippen LogP contribution in [0.5, 0.6) is 0 Å². The van der Waals surface area contributed by atoms with Crippen molar-refractivity contribution in [3.05, 3.63) is 46.1 Å². The van der Waals surface area contributed by atoms with Crippen molar-refractivity contribution in [1.29, 1.82) is 0 Å². The second-order valence-electron chi connectivity index (χ2n) is 6.91. The van der Waals surface area contributed by atoms with Gasteiger partial charge in [0.1, 0.15) is 12.3 Å². The molecule has 0 aliphatic carbocycles. The number of aromatic nitrogens is 1. The molecular weight excluding hydrogens is 406 g/mol. The Hall–Kier alpha value is -2.02. The third kappa shape index (κ3) is 5.48. The Balaban J connectivity index is 1.52. The van der Waals surface area contributed by atoms with Gasteiger partial charge in [0, 0.05) is 36.3 Å². The summed E-state index contributed by atoms with van der Waals surface area (Å²) < 4.78 is 6.73. The normalized spacial score (nSPS) is 17.4. The standard InChI is InChI=1S/C20H28BrN5O/c1-4-22-20(24-12-19-25-14(2)15(3)27-19)23-11-16-8-9-26(13-16)18-7-5-6-17(21)10-18/h5-7,10,16H,4,8-9,11-13H2,1-3H3,(H2,22,23,24). The van der Waals surface area contributed by atoms with E-state index in [-0.39, 0.29) is 0 Å². The number of guanidine groups is 1. The number of aryl methyl sites for hydroxylation is 2. The highest BCUT2D eigenvalue weighted by Crippen LogP contribution is 2.25. The van der Waals surface area contributed by atoms with Crippen LogP contribution in [0.25, 0.3) is 0 Å². The van der Waals surface area contributed by atoms with Crippen molar-refractivity contribution in [3.8, 4) is 0 Å². The van der Waals surface area contributed by atoms with Crippen molar-refractivity contribution in [1.82, 2.24) is 15.6 Å². The number of oxazole rings is 1. The molecule has 0 bridgehead atoms. The summed E-state index contributed by atoms with van der Waals surface area (Å²) in [6.07, 6.45) is 1.18. The number of benzene rings is 1. The third-order valence-electron chi connectivity index (χ3n) is 4.81. The molecule has 1 aromatic carbocycles. The summed E-state index contributed by atoms with van der Waals surface area (Å²) in [4.78, 5) is 11.4. The molecule has 1 unspecified atom stereocenters. The molecule has 0 radical (unpaired) electrons. The molecule has 27 heavy (non-hydrogen) atoms. The zero-order chi connectivity index (χ0) is 19.2. The van der Waals surface area contributed by atoms with E-state index in [1.54, 1.807) is 0 Å². The van der Waals surface area contributed by atoms with Crippen molar-refractivity contribution in [2.24, 2.45) is 10.9 Å². The summed E-state index contributed by atoms with van der Waals surface area (Å²) in [5.74, 6) is 2.92. The number of anilines is 1. The summed E-state index contributed by atoms with van der Waals surface area (Å²) >= 11 is 3.56. The molecule has 0 saturated carbocycles. The van der Waals surface area contributed by atoms with Gasteiger partial charge in [-0.1, -0.05) is 22.0 Å². The van der Waals surface area contributed by atoms with Gasteiger partial charge in [-0.2, -0.15) is 0 Å². The Morgan fingerprint density at radius 2 is 2.22 bits per heavy atom. The SMILES string of the molecule is CCNC(=NCc1nc(C)c(C)o1)NCC1CCN(c2cccc(Br)c2)C1. The van der Waals surface area contributed by atoms with Gasteiger partial charge in [0.15, 0.2) is 5.96 Å². The first-order valence-corrected chi connectivity index (χ1v) is 10.3. The van der Waals surface area contributed by atoms with E-state index in [1.807, 2.05) is 13.8 Å². The first kappa shape index (κ1) is 19.7. The minimum atomic E-state index is 0.443. The lowest BCUT2D eigenvalue weighted by atomic mass is 10.1. The smallest absolute Gasteiger partial charge is 0.216 e. The molecule has 1 aromatic heterocycles. The first-order chi connectivity index (χ1) is 13.0. The van der Waals surface area contributed by atoms with Crippen LogP contribution in [-0.2, 0) is 6.54 Å². The molecular formula is C20H28BrN5O. The minimum Gasteiger partial charge on any atom is -0.444 e. The van der Waals surface area contributed by atoms with Crippen LogP contribution in [-0.4, -0.2) is 37.1 Å². The number of halogens is 1. The fraction of sp³-hybridized carbons (Fsp3) is 0.500. The Morgan fingerprint density at radius 1 is 1.37 bits per heavy atom. The fourth-order valence-corrected chi connectivity index (χ4v) is 3.63. The molecule has 146 valence electrons. The highest BCUT2D eigenvalue weighted by atomic mass is 79.9. The summed E-state index contributed by atoms with van der Waals surface area (Å²) in [5.41, 5.74) is 2.21. The van der Waals surface area contributed by atoms with Crippen LogP contribution in [0, 0.1) is 19.8 Å². The topological polar surface area (TPSA) is 65.7 Å². The van der Waals surface area contributed by atoms with Crippen molar-refractivity contribution < 1.29 is 4.42 Å². The van der Waals surface area contributed by atoms with E-state index in [0.29, 0.717) is 18.4 Å². The number of hydrogen-bond acceptors (Lipinski definition) is 4. The maximum atomic E-state index is 5.61. The van der Waals surface area contributed by atoms with Gasteiger partial charge in [0.05, 0.1) is 5.69 Å². The zero-order valence-electron chi connectivity index (χ0n) is 16.3. The molecule has 1 aliphatic heterocycles. The summed E-state index contributed by atoms with van der Waals surface area (Å²) in [5, 5.41) is 6.77. The van der Waals surface area contributed by atoms with E-state index in [1.165, 1.54) is 12.1 Å². The van der Waals surface area contributed by atoms with Gasteiger partial charge >= 0.3 is 0 Å². The molecule has 1 atom stereocenters. The van der Waals surface area contributed by atoms with Crippen LogP contribution in [0.4, 0.5) is 5.69 Å². The van der Waals surface area contributed by atoms with Crippen molar-refractivity contribution in [2.45, 2.75) is 33.7 Å². The molecule has 3 rings (SSSR count). The second-order valence-corrected chi connectivity index (χ2v) is 7.82. The van der Waals surface area contributed by atoms with Crippen LogP contribution in [0.15, 0.2) is 38.1 Å². The van der Waals surface area contributed by atoms with Crippen molar-refractivity contribution in [3.63, 3.8) is 0 Å². The van der Waals surface area contributed by atoms with E-state index in [0.717, 1.165) is 48.1 Å². The van der Waals surface area contributed by atoms with E-state index in [4.69, 9.17) is 4.42 Å². The van der Waals surface area contributed by atoms with Gasteiger partial charge in [-0.3, -0.25) is 0 Å². The summed E-state index contributed by atoms with van der Waals surface area (Å²) in [7, 11) is 0. The molecule has 2 aromatic rings. The fourth-order valence-electron chi connectivity index (χ4n) is 3.24. The highest BCUT2D eigenvalue weighted by Gasteiger charge is 2.23. The van der Waals surface area contributed by atoms with Crippen molar-refractivity contribution in [2.75, 3.05) is 31.1 Å². The molecule has 2 N–H and O–H groups in total. The van der Waals surface area contributed by atoms with Gasteiger partial charge in [-0.15, -0.1) is 0 Å². The number of nitrogens with zero attached hydrogens (tertiary/aromatic N) is 3. The molecule has 2 heterocycles. The lowest BCUT2D eigenvalue weighted by Crippen LogP contribution is -2.40. The Bertz CT molecular complexity index is 769. The van der Waals surface area contributed by atoms with E-state index >= 15 is 0 Å². The van der Waals surface area contributed by atoms with Crippen LogP contribution in [0.2, 0.25) is 0 Å². The van der Waals surface area contributed by atoms with E-state index in [9.17, 15) is 0 Å². The second kappa shape index (κ2) is 9.26. The number of aliphatic imine (C=N–C) groups is 1. The average molecular weight is 434 g/mol. The predicted molar refractivity (Wildman–Crippen MR) is 113 cm³/mol. The minimum absolute atomic E-state index is 0.443. The monoisotopic (exact) mass is 433 g/mol. The molecule has 0 amide bonds. The van der Waals surface area contributed by atoms with Gasteiger partial charge in [-0.25, -0.2) is 9.98 Å². The summed E-state index contributed by atoms with van der Waals surface area (Å²) in [6.45, 7) is 10.3. The Morgan fingerprint density at radius 3 is 2.93 bits per heavy atom. The van der Waals surface area contributed by atoms with Gasteiger partial charge in [0.25, 0.3) is 0 Å². The molecule has 0 spiro atoms. The van der Waals surface area contributed by atoms with E-state index < -0.39 is 0 Å². The van der Waals surface area contributed by atoms with Crippen LogP contribution >= 0.6 is 15.9 Å². The summed E-state index contributed by atoms with van der Waals surface area (Å²) in [6, 6.07) is 8.51. The molecule has 6 nitrogen and oxygen atoms in total. The van der Waals surface area contributed by atoms with Crippen molar-refractivity contribution >= 4 is 27.6 Å². The lowest BCUT2D eigenvalue weighted by Gasteiger charge is -2.19. The van der Waals surface area contributed by atoms with Crippen LogP contribution in [0.1, 0.15) is 30.7 Å². The largest absolute Gasteiger partial charge is 0.444 e. The van der Waals surface area contributed by atoms with Gasteiger partial charge < -0.3 is 20.0 Å². The van der Waals surface area contributed by atoms with Crippen LogP contribution < -0.4 is 15.5 Å². The predicted octanol–water partition coefficient (Wildman–Crippen LogP) is 3.64. The lowest BCUT2D eigenvalue weighted by molar-refractivity contribution is 0.472. The maximum Gasteiger partial charge on any atom is 0.216 e. The quantitative estimate of drug-likeness (QED) is 0.537. The van der Waals surface area contributed by atoms with Gasteiger partial charge in [-0.05, 0) is 51.3 Å². The highest BCUT2D eigenvalue weighted by molar-refractivity contribution is 9.10. The van der Waals surface area contributed by atoms with Gasteiger partial charge in [0.2, 0.25) is 5.89 Å². The molecule has 1 aliphatic rings. The number of nitrogens with one attached hydrogen (secondary N) is 2. The third-order valence-corrected chi connectivity index (χ3v) is 5.30. The average Bonchev–Trinajstić information content (AvgIpc) is 3.24. The number of rotatable bonds is 6. The Kier molecular flexibility index (Phi) is 6.77. The molecule has 1 fully saturated rings. The molecule has 1 saturated heterocycles. The Labute approximate surface area is 169 Å². The van der Waals surface area contributed by atoms with E-state index in [2.05, 4.69) is 72.6 Å². The number of hydrogen-bond donors (Lipinski definition) is 2. The maximum absolute atomic E-state index is 5.61. The zero-order valence-corrected chi connectivity index (χ0v) is 17.8.